The Hall–Kier alpha value is -3.44. The fraction of sp³-hybridized carbons (Fsp3) is 0. The Morgan fingerprint density at radius 1 is 0.655 bits per heavy atom. The van der Waals surface area contributed by atoms with Crippen LogP contribution in [0.1, 0.15) is 0 Å². The summed E-state index contributed by atoms with van der Waals surface area (Å²) in [5.41, 5.74) is -0.752. The summed E-state index contributed by atoms with van der Waals surface area (Å²) in [6.45, 7) is 0. The lowest BCUT2D eigenvalue weighted by Crippen LogP contribution is -2.14. The molecule has 11 heteroatoms. The van der Waals surface area contributed by atoms with Gasteiger partial charge in [0.2, 0.25) is 0 Å². The van der Waals surface area contributed by atoms with Gasteiger partial charge in [-0.2, -0.15) is 16.8 Å². The van der Waals surface area contributed by atoms with Crippen molar-refractivity contribution in [2.45, 2.75) is 9.79 Å². The Balaban J connectivity index is 2.05. The van der Waals surface area contributed by atoms with Crippen molar-refractivity contribution in [3.8, 4) is 11.5 Å². The first-order valence-corrected chi connectivity index (χ1v) is 10.8. The van der Waals surface area contributed by atoms with Crippen molar-refractivity contribution in [1.29, 1.82) is 0 Å². The zero-order chi connectivity index (χ0) is 21.1. The number of rotatable bonds is 7. The average Bonchev–Trinajstić information content (AvgIpc) is 2.68. The van der Waals surface area contributed by atoms with Crippen LogP contribution in [0.2, 0.25) is 0 Å². The van der Waals surface area contributed by atoms with Crippen LogP contribution < -0.4 is 8.37 Å². The van der Waals surface area contributed by atoms with Gasteiger partial charge in [0.25, 0.3) is 5.69 Å². The van der Waals surface area contributed by atoms with Crippen LogP contribution in [0.25, 0.3) is 0 Å². The lowest BCUT2D eigenvalue weighted by atomic mass is 10.3. The third-order valence-electron chi connectivity index (χ3n) is 3.55. The molecule has 0 saturated heterocycles. The molecule has 29 heavy (non-hydrogen) atoms. The molecule has 3 rings (SSSR count). The van der Waals surface area contributed by atoms with Crippen molar-refractivity contribution in [2.75, 3.05) is 0 Å². The van der Waals surface area contributed by atoms with Gasteiger partial charge in [-0.25, -0.2) is 0 Å². The van der Waals surface area contributed by atoms with Gasteiger partial charge in [-0.05, 0) is 30.3 Å². The molecule has 0 saturated carbocycles. The molecule has 0 aliphatic heterocycles. The van der Waals surface area contributed by atoms with Gasteiger partial charge >= 0.3 is 20.2 Å². The maximum atomic E-state index is 12.5. The SMILES string of the molecule is O=[N+]([O-])c1cc(S(=O)(=O)Oc2ccccc2)cc(S(=O)(=O)Oc2ccccc2)c1. The summed E-state index contributed by atoms with van der Waals surface area (Å²) in [6, 6.07) is 17.0. The first-order chi connectivity index (χ1) is 13.7. The number of nitrogens with zero attached hydrogens (tertiary/aromatic N) is 1. The van der Waals surface area contributed by atoms with Crippen LogP contribution in [0, 0.1) is 10.1 Å². The van der Waals surface area contributed by atoms with Crippen LogP contribution in [-0.2, 0) is 20.2 Å². The molecule has 0 unspecified atom stereocenters. The van der Waals surface area contributed by atoms with Crippen LogP contribution in [0.15, 0.2) is 88.7 Å². The molecule has 0 N–H and O–H groups in total. The number of para-hydroxylation sites is 2. The van der Waals surface area contributed by atoms with Crippen LogP contribution in [-0.4, -0.2) is 21.8 Å². The highest BCUT2D eigenvalue weighted by Gasteiger charge is 2.27. The second-order valence-corrected chi connectivity index (χ2v) is 8.71. The number of hydrogen-bond donors (Lipinski definition) is 0. The minimum absolute atomic E-state index is 0.0380. The minimum atomic E-state index is -4.55. The zero-order valence-electron chi connectivity index (χ0n) is 14.5. The van der Waals surface area contributed by atoms with Crippen molar-refractivity contribution < 1.29 is 30.1 Å². The Kier molecular flexibility index (Phi) is 5.52. The topological polar surface area (TPSA) is 130 Å². The molecule has 0 radical (unpaired) electrons. The average molecular weight is 435 g/mol. The van der Waals surface area contributed by atoms with E-state index in [1.807, 2.05) is 0 Å². The molecule has 0 aliphatic rings. The van der Waals surface area contributed by atoms with Crippen molar-refractivity contribution in [2.24, 2.45) is 0 Å². The van der Waals surface area contributed by atoms with E-state index in [9.17, 15) is 26.9 Å². The Morgan fingerprint density at radius 3 is 1.38 bits per heavy atom. The summed E-state index contributed by atoms with van der Waals surface area (Å²) >= 11 is 0. The lowest BCUT2D eigenvalue weighted by molar-refractivity contribution is -0.385. The van der Waals surface area contributed by atoms with E-state index in [-0.39, 0.29) is 11.5 Å². The summed E-state index contributed by atoms with van der Waals surface area (Å²) in [6.07, 6.45) is 0. The molecule has 0 bridgehead atoms. The maximum absolute atomic E-state index is 12.5. The number of nitro benzene ring substituents is 1. The highest BCUT2D eigenvalue weighted by Crippen LogP contribution is 2.28. The van der Waals surface area contributed by atoms with E-state index in [0.717, 1.165) is 6.07 Å². The summed E-state index contributed by atoms with van der Waals surface area (Å²) in [4.78, 5) is 8.89. The van der Waals surface area contributed by atoms with E-state index in [2.05, 4.69) is 0 Å². The number of hydrogen-bond acceptors (Lipinski definition) is 8. The van der Waals surface area contributed by atoms with Gasteiger partial charge in [0.05, 0.1) is 4.92 Å². The summed E-state index contributed by atoms with van der Waals surface area (Å²) in [5.74, 6) is -0.0760. The molecule has 0 spiro atoms. The number of nitro groups is 1. The molecule has 150 valence electrons. The molecule has 0 amide bonds. The standard InChI is InChI=1S/C18H13NO8S2/c20-19(21)14-11-17(28(22,23)26-15-7-3-1-4-8-15)13-18(12-14)29(24,25)27-16-9-5-2-6-10-16/h1-13H. The fourth-order valence-electron chi connectivity index (χ4n) is 2.25. The molecular weight excluding hydrogens is 422 g/mol. The molecular formula is C18H13NO8S2. The van der Waals surface area contributed by atoms with Crippen LogP contribution in [0.5, 0.6) is 11.5 Å². The zero-order valence-corrected chi connectivity index (χ0v) is 16.2. The summed E-state index contributed by atoms with van der Waals surface area (Å²) in [7, 11) is -9.10. The first-order valence-electron chi connectivity index (χ1n) is 7.96. The summed E-state index contributed by atoms with van der Waals surface area (Å²) in [5, 5.41) is 11.2. The Morgan fingerprint density at radius 2 is 1.03 bits per heavy atom. The first kappa shape index (κ1) is 20.3. The second kappa shape index (κ2) is 7.89. The van der Waals surface area contributed by atoms with Gasteiger partial charge in [-0.3, -0.25) is 10.1 Å². The van der Waals surface area contributed by atoms with Crippen LogP contribution in [0.4, 0.5) is 5.69 Å². The van der Waals surface area contributed by atoms with E-state index in [4.69, 9.17) is 8.37 Å². The highest BCUT2D eigenvalue weighted by atomic mass is 32.2. The normalized spacial score (nSPS) is 11.6. The Bertz CT molecular complexity index is 1150. The van der Waals surface area contributed by atoms with Gasteiger partial charge in [0.1, 0.15) is 21.3 Å². The van der Waals surface area contributed by atoms with E-state index < -0.39 is 40.6 Å². The van der Waals surface area contributed by atoms with E-state index in [0.29, 0.717) is 12.1 Å². The van der Waals surface area contributed by atoms with Crippen LogP contribution >= 0.6 is 0 Å². The largest absolute Gasteiger partial charge is 0.379 e. The van der Waals surface area contributed by atoms with Gasteiger partial charge in [0.15, 0.2) is 0 Å². The lowest BCUT2D eigenvalue weighted by Gasteiger charge is -2.10. The monoisotopic (exact) mass is 435 g/mol. The van der Waals surface area contributed by atoms with Crippen molar-refractivity contribution in [1.82, 2.24) is 0 Å². The third kappa shape index (κ3) is 4.89. The molecule has 9 nitrogen and oxygen atoms in total. The molecule has 0 heterocycles. The smallest absolute Gasteiger partial charge is 0.339 e. The van der Waals surface area contributed by atoms with Crippen molar-refractivity contribution in [3.05, 3.63) is 89.0 Å². The molecule has 0 fully saturated rings. The van der Waals surface area contributed by atoms with E-state index >= 15 is 0 Å². The minimum Gasteiger partial charge on any atom is -0.379 e. The number of benzene rings is 3. The van der Waals surface area contributed by atoms with Gasteiger partial charge in [-0.1, -0.05) is 36.4 Å². The second-order valence-electron chi connectivity index (χ2n) is 5.62. The predicted molar refractivity (Wildman–Crippen MR) is 102 cm³/mol. The molecule has 0 atom stereocenters. The fourth-order valence-corrected chi connectivity index (χ4v) is 4.32. The summed E-state index contributed by atoms with van der Waals surface area (Å²) < 4.78 is 60.0. The van der Waals surface area contributed by atoms with Crippen molar-refractivity contribution >= 4 is 25.9 Å². The van der Waals surface area contributed by atoms with E-state index in [1.165, 1.54) is 48.5 Å². The molecule has 3 aromatic carbocycles. The highest BCUT2D eigenvalue weighted by molar-refractivity contribution is 7.88. The van der Waals surface area contributed by atoms with E-state index in [1.54, 1.807) is 12.1 Å². The molecule has 0 aliphatic carbocycles. The van der Waals surface area contributed by atoms with Gasteiger partial charge in [0, 0.05) is 12.1 Å². The maximum Gasteiger partial charge on any atom is 0.339 e. The quantitative estimate of drug-likeness (QED) is 0.314. The third-order valence-corrected chi connectivity index (χ3v) is 6.00. The Labute approximate surface area is 166 Å². The van der Waals surface area contributed by atoms with Gasteiger partial charge < -0.3 is 8.37 Å². The molecule has 0 aromatic heterocycles. The predicted octanol–water partition coefficient (Wildman–Crippen LogP) is 3.13. The number of non-ortho nitro benzene ring substituents is 1. The molecule has 3 aromatic rings. The van der Waals surface area contributed by atoms with Crippen molar-refractivity contribution in [3.63, 3.8) is 0 Å². The van der Waals surface area contributed by atoms with Gasteiger partial charge in [-0.15, -0.1) is 0 Å². The van der Waals surface area contributed by atoms with Crippen LogP contribution in [0.3, 0.4) is 0 Å².